The Balaban J connectivity index is 0.000000145. The van der Waals surface area contributed by atoms with Gasteiger partial charge in [-0.2, -0.15) is 0 Å². The summed E-state index contributed by atoms with van der Waals surface area (Å²) in [6.07, 6.45) is 22.8. The van der Waals surface area contributed by atoms with Gasteiger partial charge in [-0.3, -0.25) is 31.1 Å². The van der Waals surface area contributed by atoms with E-state index in [1.165, 1.54) is 6.20 Å². The quantitative estimate of drug-likeness (QED) is 0.0504. The van der Waals surface area contributed by atoms with Crippen molar-refractivity contribution in [3.8, 4) is 67.5 Å². The minimum absolute atomic E-state index is 0. The summed E-state index contributed by atoms with van der Waals surface area (Å²) in [5, 5.41) is 0. The van der Waals surface area contributed by atoms with Crippen molar-refractivity contribution in [1.29, 1.82) is 0 Å². The van der Waals surface area contributed by atoms with Crippen molar-refractivity contribution >= 4 is 11.9 Å². The van der Waals surface area contributed by atoms with Crippen LogP contribution in [0, 0.1) is 107 Å². The summed E-state index contributed by atoms with van der Waals surface area (Å²) in [4.78, 5) is 49.2. The number of ether oxygens (including phenoxy) is 2. The monoisotopic (exact) mass is 1720 g/mol. The predicted octanol–water partition coefficient (Wildman–Crippen LogP) is 18.7. The SMILES string of the molecule is Fc1c[c-]c(-c2ccccn2)c(F)c1.Fc1c[c-]c(-c2ccccn2)c(F)c1.O=C(OCC1CC2C=CC1C2)c1c(F)c[c-]c(-c2ccccn2)c1F.O=C(OCc1c[c-]c(-c2ccccn2)cc1)C1CC2C=CC1C2.[Ir+3].[Ir+3].[c-]1ccccc1-c1ccccn1.[c-]1ccccc1-c1ccccn1. The molecule has 10 nitrogen and oxygen atoms in total. The Bertz CT molecular complexity index is 4410. The second kappa shape index (κ2) is 38.4. The molecule has 2 saturated carbocycles. The van der Waals surface area contributed by atoms with Crippen molar-refractivity contribution in [3.05, 3.63) is 350 Å². The fraction of sp³-hybridized carbons (Fsp3) is 0.143. The maximum atomic E-state index is 14.7. The van der Waals surface area contributed by atoms with Crippen molar-refractivity contribution in [2.75, 3.05) is 6.61 Å². The van der Waals surface area contributed by atoms with E-state index in [0.717, 1.165) is 95.4 Å². The van der Waals surface area contributed by atoms with Crippen molar-refractivity contribution in [3.63, 3.8) is 0 Å². The van der Waals surface area contributed by atoms with Gasteiger partial charge >= 0.3 is 52.1 Å². The van der Waals surface area contributed by atoms with Gasteiger partial charge in [-0.1, -0.05) is 131 Å². The molecule has 6 atom stereocenters. The van der Waals surface area contributed by atoms with Crippen LogP contribution in [-0.4, -0.2) is 48.4 Å². The van der Waals surface area contributed by atoms with Gasteiger partial charge in [0.15, 0.2) is 0 Å². The van der Waals surface area contributed by atoms with Gasteiger partial charge in [0.2, 0.25) is 0 Å². The van der Waals surface area contributed by atoms with Crippen molar-refractivity contribution in [2.24, 2.45) is 35.5 Å². The maximum absolute atomic E-state index is 14.7. The van der Waals surface area contributed by atoms with E-state index >= 15 is 0 Å². The molecule has 18 heteroatoms. The average molecular weight is 1720 g/mol. The number of benzene rings is 6. The third kappa shape index (κ3) is 21.1. The zero-order valence-electron chi connectivity index (χ0n) is 54.4. The number of carbonyl (C=O) groups is 2. The smallest absolute Gasteiger partial charge is 0.470 e. The Morgan fingerprint density at radius 3 is 1.22 bits per heavy atom. The van der Waals surface area contributed by atoms with Gasteiger partial charge in [0.1, 0.15) is 0 Å². The van der Waals surface area contributed by atoms with Crippen LogP contribution in [0.1, 0.15) is 41.6 Å². The van der Waals surface area contributed by atoms with Crippen LogP contribution in [0.5, 0.6) is 0 Å². The Labute approximate surface area is 615 Å². The first-order valence-corrected chi connectivity index (χ1v) is 32.2. The van der Waals surface area contributed by atoms with E-state index in [-0.39, 0.29) is 87.0 Å². The molecule has 102 heavy (non-hydrogen) atoms. The molecule has 4 bridgehead atoms. The maximum Gasteiger partial charge on any atom is 3.00 e. The normalized spacial score (nSPS) is 16.5. The number of rotatable bonds is 12. The fourth-order valence-electron chi connectivity index (χ4n) is 11.7. The Kier molecular flexibility index (Phi) is 28.5. The summed E-state index contributed by atoms with van der Waals surface area (Å²) in [5.74, 6) is -3.36. The molecule has 0 amide bonds. The number of aromatic nitrogens is 6. The van der Waals surface area contributed by atoms with Crippen LogP contribution < -0.4 is 0 Å². The van der Waals surface area contributed by atoms with Crippen molar-refractivity contribution in [1.82, 2.24) is 29.9 Å². The van der Waals surface area contributed by atoms with E-state index in [9.17, 15) is 35.9 Å². The number of carbonyl (C=O) groups excluding carboxylic acids is 2. The predicted molar refractivity (Wildman–Crippen MR) is 369 cm³/mol. The molecule has 0 saturated heterocycles. The first-order valence-electron chi connectivity index (χ1n) is 32.2. The van der Waals surface area contributed by atoms with E-state index in [2.05, 4.69) is 90.6 Å². The third-order valence-electron chi connectivity index (χ3n) is 16.6. The molecular weight excluding hydrogens is 1660 g/mol. The standard InChI is InChI=1S/C20H16F2NO2.C20H18NO2.2C11H6F2N.2C11H8N.2Ir/c21-16-7-6-15(17-3-1-2-8-23-17)19(22)18(16)20(24)25-11-14-10-12-4-5-13(14)9-12;22-20(18-12-15-6-9-17(18)11-15)23-13-14-4-7-16(8-5-14)19-3-1-2-10-21-19;2*12-8-4-5-9(10(13)7-8)11-3-1-2-6-14-11;2*1-2-6-10(7-3-1)11-8-4-5-9-12-11;;/h1-5,7-8,12-14H,9-11H2;1-7,9-10,15,17-18H,11-13H2;2*1-4,6-7H;2*1-6,8-9H;;/q6*-1;2*+3. The molecule has 6 unspecified atom stereocenters. The van der Waals surface area contributed by atoms with Gasteiger partial charge < -0.3 is 39.4 Å². The molecular formula is C84H62F6Ir2N6O4. The number of hydrogen-bond acceptors (Lipinski definition) is 10. The van der Waals surface area contributed by atoms with Crippen LogP contribution in [0.15, 0.2) is 268 Å². The van der Waals surface area contributed by atoms with Crippen LogP contribution in [0.25, 0.3) is 67.5 Å². The first kappa shape index (κ1) is 75.7. The molecule has 2 fully saturated rings. The van der Waals surface area contributed by atoms with E-state index < -0.39 is 46.4 Å². The molecule has 0 spiro atoms. The van der Waals surface area contributed by atoms with E-state index in [0.29, 0.717) is 41.7 Å². The number of allylic oxidation sites excluding steroid dienone is 4. The summed E-state index contributed by atoms with van der Waals surface area (Å²) in [5.41, 5.74) is 7.64. The molecule has 6 heterocycles. The minimum Gasteiger partial charge on any atom is -0.470 e. The number of esters is 2. The Morgan fingerprint density at radius 2 is 0.833 bits per heavy atom. The molecule has 6 aromatic heterocycles. The van der Waals surface area contributed by atoms with Gasteiger partial charge in [-0.15, -0.1) is 138 Å². The molecule has 4 aliphatic rings. The molecule has 6 aromatic carbocycles. The summed E-state index contributed by atoms with van der Waals surface area (Å²) in [7, 11) is 0. The zero-order valence-corrected chi connectivity index (χ0v) is 59.2. The molecule has 4 aliphatic carbocycles. The van der Waals surface area contributed by atoms with E-state index in [4.69, 9.17) is 9.47 Å². The van der Waals surface area contributed by atoms with Crippen molar-refractivity contribution < 1.29 is 85.6 Å². The van der Waals surface area contributed by atoms with Crippen LogP contribution >= 0.6 is 0 Å². The van der Waals surface area contributed by atoms with E-state index in [1.54, 1.807) is 85.6 Å². The summed E-state index contributed by atoms with van der Waals surface area (Å²) in [6, 6.07) is 75.9. The summed E-state index contributed by atoms with van der Waals surface area (Å²) in [6.45, 7) is 0.496. The molecule has 0 N–H and O–H groups in total. The van der Waals surface area contributed by atoms with Crippen molar-refractivity contribution in [2.45, 2.75) is 32.3 Å². The molecule has 0 radical (unpaired) electrons. The van der Waals surface area contributed by atoms with Gasteiger partial charge in [-0.25, -0.2) is 4.79 Å². The number of halogens is 6. The summed E-state index contributed by atoms with van der Waals surface area (Å²) < 4.78 is 91.1. The van der Waals surface area contributed by atoms with Crippen LogP contribution in [0.3, 0.4) is 0 Å². The number of fused-ring (bicyclic) bond motifs is 4. The number of nitrogens with zero attached hydrogens (tertiary/aromatic N) is 6. The second-order valence-electron chi connectivity index (χ2n) is 23.4. The molecule has 16 rings (SSSR count). The number of pyridine rings is 6. The van der Waals surface area contributed by atoms with Gasteiger partial charge in [0.05, 0.1) is 30.8 Å². The minimum atomic E-state index is -0.989. The van der Waals surface area contributed by atoms with Gasteiger partial charge in [-0.05, 0) is 126 Å². The Morgan fingerprint density at radius 1 is 0.402 bits per heavy atom. The van der Waals surface area contributed by atoms with Gasteiger partial charge in [0.25, 0.3) is 0 Å². The van der Waals surface area contributed by atoms with Crippen LogP contribution in [-0.2, 0) is 61.1 Å². The topological polar surface area (TPSA) is 130 Å². The summed E-state index contributed by atoms with van der Waals surface area (Å²) >= 11 is 0. The fourth-order valence-corrected chi connectivity index (χ4v) is 11.7. The number of hydrogen-bond donors (Lipinski definition) is 0. The van der Waals surface area contributed by atoms with E-state index in [1.807, 2.05) is 121 Å². The molecule has 0 aliphatic heterocycles. The third-order valence-corrected chi connectivity index (χ3v) is 16.6. The second-order valence-corrected chi connectivity index (χ2v) is 23.4. The van der Waals surface area contributed by atoms with Gasteiger partial charge in [0, 0.05) is 66.0 Å². The molecule has 512 valence electrons. The van der Waals surface area contributed by atoms with Crippen LogP contribution in [0.2, 0.25) is 0 Å². The zero-order chi connectivity index (χ0) is 69.4. The molecule has 12 aromatic rings. The first-order chi connectivity index (χ1) is 48.9. The Hall–Kier alpha value is -10.5. The average Bonchev–Trinajstić information content (AvgIpc) is 1.47. The van der Waals surface area contributed by atoms with Crippen LogP contribution in [0.4, 0.5) is 26.3 Å². The largest absolute Gasteiger partial charge is 3.00 e.